The summed E-state index contributed by atoms with van der Waals surface area (Å²) in [7, 11) is 1.36. The van der Waals surface area contributed by atoms with Crippen molar-refractivity contribution in [3.05, 3.63) is 41.7 Å². The van der Waals surface area contributed by atoms with Gasteiger partial charge in [0.05, 0.1) is 7.11 Å². The molecule has 1 amide bonds. The normalized spacial score (nSPS) is 22.6. The summed E-state index contributed by atoms with van der Waals surface area (Å²) in [5.74, 6) is 0.0857. The fraction of sp³-hybridized carbons (Fsp3) is 0.615. The molecule has 0 bridgehead atoms. The fourth-order valence-electron chi connectivity index (χ4n) is 4.69. The number of rotatable bonds is 10. The van der Waals surface area contributed by atoms with E-state index in [1.54, 1.807) is 4.90 Å². The molecule has 2 aromatic rings. The second-order valence-electron chi connectivity index (χ2n) is 9.40. The molecule has 2 aliphatic heterocycles. The molecule has 0 aliphatic carbocycles. The Morgan fingerprint density at radius 2 is 2.03 bits per heavy atom. The summed E-state index contributed by atoms with van der Waals surface area (Å²) in [6.45, 7) is 5.30. The number of benzene rings is 1. The minimum Gasteiger partial charge on any atom is -0.467 e. The highest BCUT2D eigenvalue weighted by molar-refractivity contribution is 7.09. The van der Waals surface area contributed by atoms with Crippen LogP contribution >= 0.6 is 11.5 Å². The van der Waals surface area contributed by atoms with E-state index in [1.807, 2.05) is 44.2 Å². The van der Waals surface area contributed by atoms with Crippen LogP contribution in [0, 0.1) is 5.92 Å². The summed E-state index contributed by atoms with van der Waals surface area (Å²) in [4.78, 5) is 32.2. The number of ether oxygens (including phenoxy) is 3. The highest BCUT2D eigenvalue weighted by Gasteiger charge is 2.39. The highest BCUT2D eigenvalue weighted by Crippen LogP contribution is 2.31. The van der Waals surface area contributed by atoms with E-state index in [0.29, 0.717) is 30.5 Å². The van der Waals surface area contributed by atoms with Crippen LogP contribution in [0.1, 0.15) is 69.9 Å². The Labute approximate surface area is 216 Å². The van der Waals surface area contributed by atoms with Gasteiger partial charge in [0.1, 0.15) is 18.2 Å². The number of likely N-dealkylation sites (tertiary alicyclic amines) is 1. The third-order valence-electron chi connectivity index (χ3n) is 6.97. The monoisotopic (exact) mass is 516 g/mol. The van der Waals surface area contributed by atoms with E-state index in [-0.39, 0.29) is 24.1 Å². The Kier molecular flexibility index (Phi) is 9.28. The van der Waals surface area contributed by atoms with Crippen LogP contribution in [0.25, 0.3) is 0 Å². The van der Waals surface area contributed by atoms with Gasteiger partial charge in [-0.1, -0.05) is 50.6 Å². The van der Waals surface area contributed by atoms with E-state index in [9.17, 15) is 9.59 Å². The van der Waals surface area contributed by atoms with Crippen LogP contribution in [0.5, 0.6) is 0 Å². The molecule has 0 radical (unpaired) electrons. The number of amides is 1. The van der Waals surface area contributed by atoms with Crippen LogP contribution in [0.3, 0.4) is 0 Å². The Morgan fingerprint density at radius 3 is 2.72 bits per heavy atom. The first-order chi connectivity index (χ1) is 17.5. The van der Waals surface area contributed by atoms with E-state index in [2.05, 4.69) is 9.69 Å². The molecule has 5 atom stereocenters. The van der Waals surface area contributed by atoms with E-state index in [1.165, 1.54) is 18.6 Å². The van der Waals surface area contributed by atoms with E-state index >= 15 is 0 Å². The Hall–Kier alpha value is -2.56. The van der Waals surface area contributed by atoms with Gasteiger partial charge in [0.2, 0.25) is 11.0 Å². The second kappa shape index (κ2) is 12.6. The average molecular weight is 517 g/mol. The molecule has 9 nitrogen and oxygen atoms in total. The van der Waals surface area contributed by atoms with E-state index in [4.69, 9.17) is 19.2 Å². The average Bonchev–Trinajstić information content (AvgIpc) is 3.60. The minimum atomic E-state index is -0.535. The SMILES string of the molecule is CC[C@H](C)[C@H](Nc1nc(C(OC2CCCCO2)c2ccccc2)ns1)C(=O)N1CCC[C@H]1C(=O)OC. The minimum absolute atomic E-state index is 0.0283. The predicted octanol–water partition coefficient (Wildman–Crippen LogP) is 4.16. The highest BCUT2D eigenvalue weighted by atomic mass is 32.1. The number of nitrogens with one attached hydrogen (secondary N) is 1. The lowest BCUT2D eigenvalue weighted by atomic mass is 9.97. The van der Waals surface area contributed by atoms with Gasteiger partial charge in [0.15, 0.2) is 12.1 Å². The first-order valence-corrected chi connectivity index (χ1v) is 13.6. The van der Waals surface area contributed by atoms with Crippen LogP contribution in [0.4, 0.5) is 5.13 Å². The van der Waals surface area contributed by atoms with Gasteiger partial charge < -0.3 is 24.4 Å². The molecule has 36 heavy (non-hydrogen) atoms. The van der Waals surface area contributed by atoms with Gasteiger partial charge in [-0.15, -0.1) is 0 Å². The molecular weight excluding hydrogens is 480 g/mol. The summed E-state index contributed by atoms with van der Waals surface area (Å²) >= 11 is 1.21. The molecule has 1 N–H and O–H groups in total. The first-order valence-electron chi connectivity index (χ1n) is 12.8. The molecule has 10 heteroatoms. The lowest BCUT2D eigenvalue weighted by Crippen LogP contribution is -2.50. The lowest BCUT2D eigenvalue weighted by Gasteiger charge is -2.30. The predicted molar refractivity (Wildman–Crippen MR) is 136 cm³/mol. The van der Waals surface area contributed by atoms with Gasteiger partial charge in [-0.2, -0.15) is 4.37 Å². The smallest absolute Gasteiger partial charge is 0.328 e. The van der Waals surface area contributed by atoms with Crippen LogP contribution in [-0.4, -0.2) is 64.8 Å². The molecule has 1 aromatic heterocycles. The number of aromatic nitrogens is 2. The number of carbonyl (C=O) groups is 2. The maximum absolute atomic E-state index is 13.6. The number of hydrogen-bond donors (Lipinski definition) is 1. The Bertz CT molecular complexity index is 997. The number of nitrogens with zero attached hydrogens (tertiary/aromatic N) is 3. The molecule has 2 aliphatic rings. The van der Waals surface area contributed by atoms with Crippen LogP contribution < -0.4 is 5.32 Å². The van der Waals surface area contributed by atoms with Crippen molar-refractivity contribution in [2.75, 3.05) is 25.6 Å². The van der Waals surface area contributed by atoms with Gasteiger partial charge in [-0.05, 0) is 43.6 Å². The largest absolute Gasteiger partial charge is 0.467 e. The molecule has 2 unspecified atom stereocenters. The number of anilines is 1. The van der Waals surface area contributed by atoms with Gasteiger partial charge in [-0.25, -0.2) is 9.78 Å². The number of hydrogen-bond acceptors (Lipinski definition) is 9. The van der Waals surface area contributed by atoms with Gasteiger partial charge >= 0.3 is 5.97 Å². The van der Waals surface area contributed by atoms with Crippen molar-refractivity contribution in [2.45, 2.75) is 76.9 Å². The van der Waals surface area contributed by atoms with Crippen LogP contribution in [0.15, 0.2) is 30.3 Å². The third-order valence-corrected chi connectivity index (χ3v) is 7.63. The van der Waals surface area contributed by atoms with Crippen molar-refractivity contribution in [3.63, 3.8) is 0 Å². The molecule has 2 saturated heterocycles. The third kappa shape index (κ3) is 6.22. The van der Waals surface area contributed by atoms with Gasteiger partial charge in [0, 0.05) is 24.7 Å². The second-order valence-corrected chi connectivity index (χ2v) is 10.2. The van der Waals surface area contributed by atoms with Gasteiger partial charge in [0.25, 0.3) is 0 Å². The van der Waals surface area contributed by atoms with Crippen molar-refractivity contribution in [1.29, 1.82) is 0 Å². The standard InChI is InChI=1S/C26H36N4O5S/c1-4-17(2)21(24(31)30-15-10-13-19(30)25(32)33-3)27-26-28-23(29-36-26)22(18-11-6-5-7-12-18)35-20-14-8-9-16-34-20/h5-7,11-12,17,19-22H,4,8-10,13-16H2,1-3H3,(H,27,28,29)/t17-,19-,20?,21-,22?/m0/s1. The van der Waals surface area contributed by atoms with Crippen molar-refractivity contribution in [2.24, 2.45) is 5.92 Å². The van der Waals surface area contributed by atoms with E-state index < -0.39 is 18.2 Å². The summed E-state index contributed by atoms with van der Waals surface area (Å²) in [5.41, 5.74) is 0.948. The zero-order chi connectivity index (χ0) is 25.5. The molecule has 196 valence electrons. The number of carbonyl (C=O) groups excluding carboxylic acids is 2. The zero-order valence-electron chi connectivity index (χ0n) is 21.2. The molecule has 4 rings (SSSR count). The van der Waals surface area contributed by atoms with E-state index in [0.717, 1.165) is 37.7 Å². The summed E-state index contributed by atoms with van der Waals surface area (Å²) in [6.07, 6.45) is 4.35. The summed E-state index contributed by atoms with van der Waals surface area (Å²) < 4.78 is 21.7. The topological polar surface area (TPSA) is 103 Å². The number of methoxy groups -OCH3 is 1. The summed E-state index contributed by atoms with van der Waals surface area (Å²) in [6, 6.07) is 8.81. The lowest BCUT2D eigenvalue weighted by molar-refractivity contribution is -0.182. The molecular formula is C26H36N4O5S. The van der Waals surface area contributed by atoms with Crippen LogP contribution in [-0.2, 0) is 23.8 Å². The van der Waals surface area contributed by atoms with Gasteiger partial charge in [-0.3, -0.25) is 4.79 Å². The molecule has 0 saturated carbocycles. The van der Waals surface area contributed by atoms with Crippen molar-refractivity contribution >= 4 is 28.5 Å². The Morgan fingerprint density at radius 1 is 1.22 bits per heavy atom. The van der Waals surface area contributed by atoms with Crippen molar-refractivity contribution < 1.29 is 23.8 Å². The zero-order valence-corrected chi connectivity index (χ0v) is 22.0. The first kappa shape index (κ1) is 26.5. The molecule has 2 fully saturated rings. The Balaban J connectivity index is 1.53. The maximum atomic E-state index is 13.6. The van der Waals surface area contributed by atoms with Crippen molar-refractivity contribution in [1.82, 2.24) is 14.3 Å². The number of esters is 1. The maximum Gasteiger partial charge on any atom is 0.328 e. The van der Waals surface area contributed by atoms with Crippen molar-refractivity contribution in [3.8, 4) is 0 Å². The molecule has 3 heterocycles. The molecule has 1 aromatic carbocycles. The fourth-order valence-corrected chi connectivity index (χ4v) is 5.32. The summed E-state index contributed by atoms with van der Waals surface area (Å²) in [5, 5.41) is 3.88. The van der Waals surface area contributed by atoms with Crippen LogP contribution in [0.2, 0.25) is 0 Å². The molecule has 0 spiro atoms. The quantitative estimate of drug-likeness (QED) is 0.470.